The number of nitrogens with one attached hydrogen (secondary N) is 2. The third kappa shape index (κ3) is 5.92. The van der Waals surface area contributed by atoms with E-state index in [0.717, 1.165) is 17.0 Å². The van der Waals surface area contributed by atoms with E-state index in [1.807, 2.05) is 50.2 Å². The van der Waals surface area contributed by atoms with Gasteiger partial charge in [-0.05, 0) is 50.3 Å². The first kappa shape index (κ1) is 20.6. The van der Waals surface area contributed by atoms with Gasteiger partial charge in [0.25, 0.3) is 0 Å². The summed E-state index contributed by atoms with van der Waals surface area (Å²) in [7, 11) is 4.81. The highest BCUT2D eigenvalue weighted by molar-refractivity contribution is 7.80. The van der Waals surface area contributed by atoms with Gasteiger partial charge in [-0.3, -0.25) is 0 Å². The molecule has 0 fully saturated rings. The van der Waals surface area contributed by atoms with Crippen LogP contribution in [0.5, 0.6) is 23.0 Å². The fourth-order valence-electron chi connectivity index (χ4n) is 2.49. The molecule has 0 amide bonds. The zero-order valence-corrected chi connectivity index (χ0v) is 17.1. The summed E-state index contributed by atoms with van der Waals surface area (Å²) in [6.45, 7) is 4.43. The lowest BCUT2D eigenvalue weighted by Crippen LogP contribution is -2.28. The van der Waals surface area contributed by atoms with Gasteiger partial charge in [0.05, 0.1) is 33.0 Å². The summed E-state index contributed by atoms with van der Waals surface area (Å²) in [5.74, 6) is 2.81. The molecule has 0 aliphatic heterocycles. The van der Waals surface area contributed by atoms with Crippen molar-refractivity contribution in [1.29, 1.82) is 0 Å². The van der Waals surface area contributed by atoms with Gasteiger partial charge in [0.15, 0.2) is 5.11 Å². The highest BCUT2D eigenvalue weighted by Crippen LogP contribution is 2.33. The van der Waals surface area contributed by atoms with Crippen molar-refractivity contribution in [1.82, 2.24) is 5.32 Å². The zero-order valence-electron chi connectivity index (χ0n) is 16.3. The molecule has 0 radical (unpaired) electrons. The SMILES string of the molecule is COc1cc(OC)c(CNC(=S)Nc2ccc(OC(C)C)cc2)c(OC)c1. The zero-order chi connectivity index (χ0) is 19.8. The molecule has 0 atom stereocenters. The fourth-order valence-corrected chi connectivity index (χ4v) is 2.68. The number of hydrogen-bond donors (Lipinski definition) is 2. The van der Waals surface area contributed by atoms with Gasteiger partial charge in [0.1, 0.15) is 23.0 Å². The minimum atomic E-state index is 0.140. The Labute approximate surface area is 165 Å². The molecule has 0 aliphatic rings. The Kier molecular flexibility index (Phi) is 7.55. The van der Waals surface area contributed by atoms with Gasteiger partial charge in [0, 0.05) is 24.4 Å². The van der Waals surface area contributed by atoms with Crippen LogP contribution in [0.25, 0.3) is 0 Å². The molecular formula is C20H26N2O4S. The van der Waals surface area contributed by atoms with Crippen LogP contribution in [0.4, 0.5) is 5.69 Å². The normalized spacial score (nSPS) is 10.3. The van der Waals surface area contributed by atoms with E-state index in [2.05, 4.69) is 10.6 Å². The third-order valence-corrected chi connectivity index (χ3v) is 3.97. The number of rotatable bonds is 8. The molecule has 2 aromatic rings. The van der Waals surface area contributed by atoms with Gasteiger partial charge >= 0.3 is 0 Å². The quantitative estimate of drug-likeness (QED) is 0.661. The molecule has 0 unspecified atom stereocenters. The van der Waals surface area contributed by atoms with E-state index >= 15 is 0 Å². The van der Waals surface area contributed by atoms with Crippen molar-refractivity contribution in [3.05, 3.63) is 42.0 Å². The second-order valence-electron chi connectivity index (χ2n) is 6.01. The van der Waals surface area contributed by atoms with Crippen LogP contribution < -0.4 is 29.6 Å². The summed E-state index contributed by atoms with van der Waals surface area (Å²) >= 11 is 5.39. The summed E-state index contributed by atoms with van der Waals surface area (Å²) in [6.07, 6.45) is 0.140. The van der Waals surface area contributed by atoms with Crippen molar-refractivity contribution in [2.45, 2.75) is 26.5 Å². The summed E-state index contributed by atoms with van der Waals surface area (Å²) in [4.78, 5) is 0. The average Bonchev–Trinajstić information content (AvgIpc) is 2.66. The van der Waals surface area contributed by atoms with Gasteiger partial charge in [-0.15, -0.1) is 0 Å². The summed E-state index contributed by atoms with van der Waals surface area (Å²) in [5, 5.41) is 6.81. The van der Waals surface area contributed by atoms with E-state index in [0.29, 0.717) is 28.9 Å². The molecule has 0 heterocycles. The molecule has 6 nitrogen and oxygen atoms in total. The number of ether oxygens (including phenoxy) is 4. The van der Waals surface area contributed by atoms with Crippen molar-refractivity contribution in [3.63, 3.8) is 0 Å². The van der Waals surface area contributed by atoms with Gasteiger partial charge in [-0.2, -0.15) is 0 Å². The van der Waals surface area contributed by atoms with Crippen molar-refractivity contribution in [3.8, 4) is 23.0 Å². The molecule has 27 heavy (non-hydrogen) atoms. The molecular weight excluding hydrogens is 364 g/mol. The number of benzene rings is 2. The molecule has 0 saturated heterocycles. The summed E-state index contributed by atoms with van der Waals surface area (Å²) in [6, 6.07) is 11.3. The minimum absolute atomic E-state index is 0.140. The van der Waals surface area contributed by atoms with Crippen LogP contribution in [0.2, 0.25) is 0 Å². The predicted molar refractivity (Wildman–Crippen MR) is 111 cm³/mol. The van der Waals surface area contributed by atoms with Crippen LogP contribution in [-0.2, 0) is 6.54 Å². The van der Waals surface area contributed by atoms with Gasteiger partial charge < -0.3 is 29.6 Å². The number of hydrogen-bond acceptors (Lipinski definition) is 5. The molecule has 2 N–H and O–H groups in total. The maximum absolute atomic E-state index is 5.64. The van der Waals surface area contributed by atoms with Crippen LogP contribution in [0.3, 0.4) is 0 Å². The molecule has 146 valence electrons. The molecule has 7 heteroatoms. The molecule has 0 aliphatic carbocycles. The molecule has 0 aromatic heterocycles. The van der Waals surface area contributed by atoms with E-state index < -0.39 is 0 Å². The summed E-state index contributed by atoms with van der Waals surface area (Å²) in [5.41, 5.74) is 1.72. The highest BCUT2D eigenvalue weighted by atomic mass is 32.1. The molecule has 0 saturated carbocycles. The van der Waals surface area contributed by atoms with Crippen molar-refractivity contribution < 1.29 is 18.9 Å². The first-order chi connectivity index (χ1) is 13.0. The third-order valence-electron chi connectivity index (χ3n) is 3.73. The lowest BCUT2D eigenvalue weighted by atomic mass is 10.1. The number of methoxy groups -OCH3 is 3. The first-order valence-corrected chi connectivity index (χ1v) is 8.98. The Morgan fingerprint density at radius 3 is 2.00 bits per heavy atom. The van der Waals surface area contributed by atoms with Gasteiger partial charge in [-0.1, -0.05) is 0 Å². The monoisotopic (exact) mass is 390 g/mol. The number of thiocarbonyl (C=S) groups is 1. The lowest BCUT2D eigenvalue weighted by molar-refractivity contribution is 0.242. The number of anilines is 1. The molecule has 0 bridgehead atoms. The lowest BCUT2D eigenvalue weighted by Gasteiger charge is -2.17. The van der Waals surface area contributed by atoms with Gasteiger partial charge in [0.2, 0.25) is 0 Å². The highest BCUT2D eigenvalue weighted by Gasteiger charge is 2.13. The van der Waals surface area contributed by atoms with Crippen LogP contribution in [0.1, 0.15) is 19.4 Å². The van der Waals surface area contributed by atoms with Crippen LogP contribution >= 0.6 is 12.2 Å². The van der Waals surface area contributed by atoms with E-state index in [9.17, 15) is 0 Å². The molecule has 2 aromatic carbocycles. The average molecular weight is 391 g/mol. The Morgan fingerprint density at radius 2 is 1.52 bits per heavy atom. The fraction of sp³-hybridized carbons (Fsp3) is 0.350. The first-order valence-electron chi connectivity index (χ1n) is 8.57. The smallest absolute Gasteiger partial charge is 0.171 e. The maximum Gasteiger partial charge on any atom is 0.171 e. The minimum Gasteiger partial charge on any atom is -0.496 e. The van der Waals surface area contributed by atoms with Crippen molar-refractivity contribution >= 4 is 23.0 Å². The second-order valence-corrected chi connectivity index (χ2v) is 6.42. The largest absolute Gasteiger partial charge is 0.496 e. The predicted octanol–water partition coefficient (Wildman–Crippen LogP) is 3.99. The van der Waals surface area contributed by atoms with Crippen molar-refractivity contribution in [2.75, 3.05) is 26.6 Å². The van der Waals surface area contributed by atoms with Gasteiger partial charge in [-0.25, -0.2) is 0 Å². The Hall–Kier alpha value is -2.67. The standard InChI is InChI=1S/C20H26N2O4S/c1-13(2)26-15-8-6-14(7-9-15)22-20(27)21-12-17-18(24-4)10-16(23-3)11-19(17)25-5/h6-11,13H,12H2,1-5H3,(H2,21,22,27). The second kappa shape index (κ2) is 9.87. The van der Waals surface area contributed by atoms with Crippen LogP contribution in [0.15, 0.2) is 36.4 Å². The summed E-state index contributed by atoms with van der Waals surface area (Å²) < 4.78 is 21.8. The van der Waals surface area contributed by atoms with E-state index in [1.54, 1.807) is 21.3 Å². The van der Waals surface area contributed by atoms with Crippen LogP contribution in [-0.4, -0.2) is 32.5 Å². The topological polar surface area (TPSA) is 61.0 Å². The Morgan fingerprint density at radius 1 is 0.926 bits per heavy atom. The Bertz CT molecular complexity index is 738. The van der Waals surface area contributed by atoms with E-state index in [-0.39, 0.29) is 6.10 Å². The Balaban J connectivity index is 2.01. The van der Waals surface area contributed by atoms with E-state index in [1.165, 1.54) is 0 Å². The molecule has 2 rings (SSSR count). The van der Waals surface area contributed by atoms with E-state index in [4.69, 9.17) is 31.2 Å². The van der Waals surface area contributed by atoms with Crippen LogP contribution in [0, 0.1) is 0 Å². The molecule has 0 spiro atoms. The van der Waals surface area contributed by atoms with Crippen molar-refractivity contribution in [2.24, 2.45) is 0 Å². The maximum atomic E-state index is 5.64.